The monoisotopic (exact) mass is 463 g/mol. The number of nitrogens with two attached hydrogens (primary N) is 1. The lowest BCUT2D eigenvalue weighted by Gasteiger charge is -2.31. The molecule has 0 saturated heterocycles. The number of carbonyl (C=O) groups is 2. The molecule has 3 aromatic rings. The summed E-state index contributed by atoms with van der Waals surface area (Å²) in [5, 5.41) is 9.31. The molecule has 2 N–H and O–H groups in total. The van der Waals surface area contributed by atoms with Gasteiger partial charge in [0.05, 0.1) is 11.6 Å². The lowest BCUT2D eigenvalue weighted by atomic mass is 9.80. The lowest BCUT2D eigenvalue weighted by Crippen LogP contribution is -2.41. The first kappa shape index (κ1) is 22.4. The lowest BCUT2D eigenvalue weighted by molar-refractivity contribution is -0.129. The van der Waals surface area contributed by atoms with Gasteiger partial charge in [0.25, 0.3) is 5.91 Å². The predicted molar refractivity (Wildman–Crippen MR) is 135 cm³/mol. The fourth-order valence-electron chi connectivity index (χ4n) is 5.03. The molecule has 0 aromatic heterocycles. The van der Waals surface area contributed by atoms with Crippen molar-refractivity contribution in [2.24, 2.45) is 10.7 Å². The molecule has 2 aliphatic rings. The van der Waals surface area contributed by atoms with Crippen LogP contribution < -0.4 is 10.6 Å². The average molecular weight is 464 g/mol. The van der Waals surface area contributed by atoms with Gasteiger partial charge in [-0.3, -0.25) is 14.5 Å². The Morgan fingerprint density at radius 3 is 2.46 bits per heavy atom. The second-order valence-corrected chi connectivity index (χ2v) is 8.94. The molecular formula is C28H25N5O2. The van der Waals surface area contributed by atoms with Crippen molar-refractivity contribution >= 4 is 23.5 Å². The van der Waals surface area contributed by atoms with Crippen LogP contribution in [0.1, 0.15) is 35.6 Å². The summed E-state index contributed by atoms with van der Waals surface area (Å²) >= 11 is 0. The van der Waals surface area contributed by atoms with Gasteiger partial charge < -0.3 is 10.6 Å². The van der Waals surface area contributed by atoms with E-state index in [1.807, 2.05) is 60.7 Å². The quantitative estimate of drug-likeness (QED) is 0.642. The summed E-state index contributed by atoms with van der Waals surface area (Å²) in [4.78, 5) is 33.8. The van der Waals surface area contributed by atoms with Gasteiger partial charge in [0.1, 0.15) is 0 Å². The van der Waals surface area contributed by atoms with Gasteiger partial charge >= 0.3 is 0 Å². The highest BCUT2D eigenvalue weighted by atomic mass is 16.2. The van der Waals surface area contributed by atoms with E-state index >= 15 is 0 Å². The molecule has 174 valence electrons. The molecule has 5 rings (SSSR count). The third-order valence-corrected chi connectivity index (χ3v) is 6.84. The van der Waals surface area contributed by atoms with Crippen LogP contribution in [0.2, 0.25) is 0 Å². The van der Waals surface area contributed by atoms with E-state index in [0.29, 0.717) is 23.2 Å². The van der Waals surface area contributed by atoms with Crippen molar-refractivity contribution < 1.29 is 9.59 Å². The summed E-state index contributed by atoms with van der Waals surface area (Å²) in [5.41, 5.74) is 10.4. The van der Waals surface area contributed by atoms with E-state index in [-0.39, 0.29) is 17.8 Å². The molecule has 7 nitrogen and oxygen atoms in total. The van der Waals surface area contributed by atoms with Crippen molar-refractivity contribution in [3.8, 4) is 17.2 Å². The molecule has 0 radical (unpaired) electrons. The molecule has 2 heterocycles. The number of fused-ring (bicyclic) bond motifs is 1. The van der Waals surface area contributed by atoms with Crippen LogP contribution in [-0.4, -0.2) is 36.3 Å². The van der Waals surface area contributed by atoms with Crippen molar-refractivity contribution in [2.75, 3.05) is 18.5 Å². The van der Waals surface area contributed by atoms with Gasteiger partial charge in [-0.2, -0.15) is 5.26 Å². The van der Waals surface area contributed by atoms with Gasteiger partial charge in [0.15, 0.2) is 11.5 Å². The van der Waals surface area contributed by atoms with Gasteiger partial charge in [0.2, 0.25) is 5.91 Å². The number of rotatable bonds is 3. The zero-order chi connectivity index (χ0) is 24.7. The standard InChI is InChI=1S/C28H25N5O2/c1-18(34)33-13-5-9-22-16-24(11-12-25(22)33)28(26(35)32(2)27(30)31-28)23-10-4-8-21(15-23)20-7-3-6-19(14-20)17-29/h3-4,6-8,10-12,14-16H,5,9,13H2,1-2H3,(H2,30,31). The van der Waals surface area contributed by atoms with Crippen LogP contribution in [0, 0.1) is 11.3 Å². The zero-order valence-corrected chi connectivity index (χ0v) is 19.7. The highest BCUT2D eigenvalue weighted by Gasteiger charge is 2.50. The maximum Gasteiger partial charge on any atom is 0.266 e. The van der Waals surface area contributed by atoms with Gasteiger partial charge in [-0.1, -0.05) is 42.5 Å². The van der Waals surface area contributed by atoms with Crippen LogP contribution >= 0.6 is 0 Å². The van der Waals surface area contributed by atoms with Gasteiger partial charge in [-0.25, -0.2) is 4.99 Å². The number of aliphatic imine (C=N–C) groups is 1. The first-order valence-corrected chi connectivity index (χ1v) is 11.5. The molecule has 3 aromatic carbocycles. The van der Waals surface area contributed by atoms with Crippen molar-refractivity contribution in [1.29, 1.82) is 5.26 Å². The van der Waals surface area contributed by atoms with Gasteiger partial charge in [-0.05, 0) is 64.9 Å². The molecule has 35 heavy (non-hydrogen) atoms. The van der Waals surface area contributed by atoms with Crippen LogP contribution in [-0.2, 0) is 21.5 Å². The van der Waals surface area contributed by atoms with Crippen LogP contribution in [0.4, 0.5) is 5.69 Å². The third-order valence-electron chi connectivity index (χ3n) is 6.84. The number of anilines is 1. The number of nitriles is 1. The van der Waals surface area contributed by atoms with Crippen molar-refractivity contribution in [3.63, 3.8) is 0 Å². The van der Waals surface area contributed by atoms with Crippen molar-refractivity contribution in [3.05, 3.63) is 89.0 Å². The molecule has 7 heteroatoms. The topological polar surface area (TPSA) is 103 Å². The Labute approximate surface area is 204 Å². The Hall–Kier alpha value is -4.44. The summed E-state index contributed by atoms with van der Waals surface area (Å²) in [5.74, 6) is -0.0910. The highest BCUT2D eigenvalue weighted by Crippen LogP contribution is 2.42. The molecule has 0 spiro atoms. The van der Waals surface area contributed by atoms with Gasteiger partial charge in [-0.15, -0.1) is 0 Å². The zero-order valence-electron chi connectivity index (χ0n) is 19.7. The van der Waals surface area contributed by atoms with E-state index in [1.54, 1.807) is 24.9 Å². The highest BCUT2D eigenvalue weighted by molar-refractivity contribution is 6.09. The number of aryl methyl sites for hydroxylation is 1. The Morgan fingerprint density at radius 2 is 1.77 bits per heavy atom. The fourth-order valence-corrected chi connectivity index (χ4v) is 5.03. The van der Waals surface area contributed by atoms with Crippen molar-refractivity contribution in [2.45, 2.75) is 25.3 Å². The Morgan fingerprint density at radius 1 is 1.06 bits per heavy atom. The normalized spacial score (nSPS) is 19.2. The van der Waals surface area contributed by atoms with E-state index in [2.05, 4.69) is 6.07 Å². The largest absolute Gasteiger partial charge is 0.369 e. The Balaban J connectivity index is 1.69. The fraction of sp³-hybridized carbons (Fsp3) is 0.214. The molecule has 1 unspecified atom stereocenters. The Bertz CT molecular complexity index is 1440. The molecule has 2 aliphatic heterocycles. The number of amides is 2. The third kappa shape index (κ3) is 3.55. The first-order valence-electron chi connectivity index (χ1n) is 11.5. The van der Waals surface area contributed by atoms with Gasteiger partial charge in [0, 0.05) is 26.2 Å². The number of likely N-dealkylation sites (N-methyl/N-ethyl adjacent to an activating group) is 1. The summed E-state index contributed by atoms with van der Waals surface area (Å²) < 4.78 is 0. The minimum Gasteiger partial charge on any atom is -0.369 e. The molecule has 0 saturated carbocycles. The minimum absolute atomic E-state index is 0.000319. The number of guanidine groups is 1. The van der Waals surface area contributed by atoms with Crippen LogP contribution in [0.15, 0.2) is 71.7 Å². The molecule has 2 amide bonds. The molecular weight excluding hydrogens is 438 g/mol. The maximum atomic E-state index is 13.8. The maximum absolute atomic E-state index is 13.8. The predicted octanol–water partition coefficient (Wildman–Crippen LogP) is 3.55. The number of benzene rings is 3. The van der Waals surface area contributed by atoms with E-state index in [0.717, 1.165) is 35.2 Å². The van der Waals surface area contributed by atoms with Crippen molar-refractivity contribution in [1.82, 2.24) is 4.90 Å². The van der Waals surface area contributed by atoms with Crippen LogP contribution in [0.25, 0.3) is 11.1 Å². The summed E-state index contributed by atoms with van der Waals surface area (Å²) in [6, 6.07) is 22.9. The Kier molecular flexibility index (Phi) is 5.37. The van der Waals surface area contributed by atoms with E-state index in [1.165, 1.54) is 4.90 Å². The SMILES string of the molecule is CC(=O)N1CCCc2cc(C3(c4cccc(-c5cccc(C#N)c5)c4)N=C(N)N(C)C3=O)ccc21. The first-order chi connectivity index (χ1) is 16.8. The number of hydrogen-bond donors (Lipinski definition) is 1. The smallest absolute Gasteiger partial charge is 0.266 e. The molecule has 0 aliphatic carbocycles. The van der Waals surface area contributed by atoms with E-state index in [9.17, 15) is 14.9 Å². The second-order valence-electron chi connectivity index (χ2n) is 8.94. The summed E-state index contributed by atoms with van der Waals surface area (Å²) in [6.45, 7) is 2.25. The van der Waals surface area contributed by atoms with E-state index in [4.69, 9.17) is 10.7 Å². The molecule has 0 fully saturated rings. The minimum atomic E-state index is -1.34. The summed E-state index contributed by atoms with van der Waals surface area (Å²) in [6.07, 6.45) is 1.67. The number of hydrogen-bond acceptors (Lipinski definition) is 5. The second kappa shape index (κ2) is 8.41. The van der Waals surface area contributed by atoms with Crippen LogP contribution in [0.5, 0.6) is 0 Å². The number of carbonyl (C=O) groups excluding carboxylic acids is 2. The number of nitrogens with zero attached hydrogens (tertiary/aromatic N) is 4. The summed E-state index contributed by atoms with van der Waals surface area (Å²) in [7, 11) is 1.62. The van der Waals surface area contributed by atoms with Crippen LogP contribution in [0.3, 0.4) is 0 Å². The molecule has 0 bridgehead atoms. The molecule has 1 atom stereocenters. The average Bonchev–Trinajstić information content (AvgIpc) is 3.12. The van der Waals surface area contributed by atoms with E-state index < -0.39 is 5.54 Å².